The predicted molar refractivity (Wildman–Crippen MR) is 116 cm³/mol. The van der Waals surface area contributed by atoms with Crippen LogP contribution < -0.4 is 4.90 Å². The molecule has 1 aromatic carbocycles. The first-order valence-electron chi connectivity index (χ1n) is 10.1. The van der Waals surface area contributed by atoms with Gasteiger partial charge in [-0.2, -0.15) is 9.78 Å². The van der Waals surface area contributed by atoms with Gasteiger partial charge in [0.15, 0.2) is 11.5 Å². The highest BCUT2D eigenvalue weighted by molar-refractivity contribution is 5.81. The van der Waals surface area contributed by atoms with E-state index in [4.69, 9.17) is 10.1 Å². The lowest BCUT2D eigenvalue weighted by Gasteiger charge is -2.25. The van der Waals surface area contributed by atoms with Crippen LogP contribution in [0.1, 0.15) is 38.6 Å². The second kappa shape index (κ2) is 7.16. The molecule has 0 bridgehead atoms. The molecule has 1 atom stereocenters. The van der Waals surface area contributed by atoms with Gasteiger partial charge in [0.25, 0.3) is 0 Å². The minimum absolute atomic E-state index is 0.194. The van der Waals surface area contributed by atoms with Crippen molar-refractivity contribution < 1.29 is 0 Å². The SMILES string of the molecule is CN(C)[C@H]1CCN(c2c(-c3ccccc3)cc(C#N)c3nc(C(C)(C)C)nn23)C1. The summed E-state index contributed by atoms with van der Waals surface area (Å²) < 4.78 is 1.90. The average Bonchev–Trinajstić information content (AvgIpc) is 3.35. The van der Waals surface area contributed by atoms with Gasteiger partial charge in [-0.1, -0.05) is 51.1 Å². The van der Waals surface area contributed by atoms with Crippen molar-refractivity contribution in [3.63, 3.8) is 0 Å². The van der Waals surface area contributed by atoms with E-state index in [1.54, 1.807) is 0 Å². The number of aromatic nitrogens is 3. The Bertz CT molecular complexity index is 1070. The molecule has 0 amide bonds. The first-order valence-corrected chi connectivity index (χ1v) is 10.1. The van der Waals surface area contributed by atoms with Crippen molar-refractivity contribution in [1.29, 1.82) is 5.26 Å². The zero-order valence-electron chi connectivity index (χ0n) is 17.8. The van der Waals surface area contributed by atoms with Crippen LogP contribution in [0.4, 0.5) is 5.82 Å². The second-order valence-corrected chi connectivity index (χ2v) is 9.05. The number of nitrogens with zero attached hydrogens (tertiary/aromatic N) is 6. The van der Waals surface area contributed by atoms with Gasteiger partial charge in [0.05, 0.1) is 5.56 Å². The normalized spacial score (nSPS) is 17.3. The molecular formula is C23H28N6. The fourth-order valence-corrected chi connectivity index (χ4v) is 3.91. The summed E-state index contributed by atoms with van der Waals surface area (Å²) in [6.07, 6.45) is 1.10. The fraction of sp³-hybridized carbons (Fsp3) is 0.435. The largest absolute Gasteiger partial charge is 0.354 e. The third kappa shape index (κ3) is 3.47. The molecular weight excluding hydrogens is 360 g/mol. The lowest BCUT2D eigenvalue weighted by molar-refractivity contribution is 0.315. The van der Waals surface area contributed by atoms with E-state index in [0.29, 0.717) is 17.3 Å². The van der Waals surface area contributed by atoms with E-state index in [1.807, 2.05) is 28.8 Å². The summed E-state index contributed by atoms with van der Waals surface area (Å²) in [7, 11) is 4.27. The predicted octanol–water partition coefficient (Wildman–Crippen LogP) is 3.71. The van der Waals surface area contributed by atoms with Gasteiger partial charge in [-0.3, -0.25) is 0 Å². The number of hydrogen-bond acceptors (Lipinski definition) is 5. The molecule has 150 valence electrons. The highest BCUT2D eigenvalue weighted by Crippen LogP contribution is 2.36. The van der Waals surface area contributed by atoms with Gasteiger partial charge in [-0.05, 0) is 32.1 Å². The summed E-state index contributed by atoms with van der Waals surface area (Å²) in [5.41, 5.74) is 3.11. The number of pyridine rings is 1. The molecule has 0 unspecified atom stereocenters. The van der Waals surface area contributed by atoms with Crippen LogP contribution in [-0.4, -0.2) is 52.7 Å². The van der Waals surface area contributed by atoms with Crippen molar-refractivity contribution in [3.8, 4) is 17.2 Å². The number of benzene rings is 1. The summed E-state index contributed by atoms with van der Waals surface area (Å²) in [6, 6.07) is 15.1. The van der Waals surface area contributed by atoms with Crippen LogP contribution in [0.25, 0.3) is 16.8 Å². The van der Waals surface area contributed by atoms with Crippen LogP contribution in [-0.2, 0) is 5.41 Å². The van der Waals surface area contributed by atoms with Gasteiger partial charge in [-0.25, -0.2) is 4.98 Å². The lowest BCUT2D eigenvalue weighted by Crippen LogP contribution is -2.32. The lowest BCUT2D eigenvalue weighted by atomic mass is 9.96. The van der Waals surface area contributed by atoms with Crippen molar-refractivity contribution in [2.24, 2.45) is 0 Å². The number of hydrogen-bond donors (Lipinski definition) is 0. The van der Waals surface area contributed by atoms with Crippen LogP contribution >= 0.6 is 0 Å². The van der Waals surface area contributed by atoms with Gasteiger partial charge in [0.2, 0.25) is 0 Å². The maximum Gasteiger partial charge on any atom is 0.175 e. The van der Waals surface area contributed by atoms with Crippen LogP contribution in [0.2, 0.25) is 0 Å². The minimum Gasteiger partial charge on any atom is -0.354 e. The third-order valence-electron chi connectivity index (χ3n) is 5.65. The third-order valence-corrected chi connectivity index (χ3v) is 5.65. The summed E-state index contributed by atoms with van der Waals surface area (Å²) in [6.45, 7) is 8.18. The fourth-order valence-electron chi connectivity index (χ4n) is 3.91. The summed E-state index contributed by atoms with van der Waals surface area (Å²) in [5.74, 6) is 1.78. The van der Waals surface area contributed by atoms with E-state index in [0.717, 1.165) is 42.3 Å². The highest BCUT2D eigenvalue weighted by Gasteiger charge is 2.30. The average molecular weight is 389 g/mol. The molecule has 0 saturated carbocycles. The first kappa shape index (κ1) is 19.4. The minimum atomic E-state index is -0.194. The summed E-state index contributed by atoms with van der Waals surface area (Å²) in [5, 5.41) is 14.7. The van der Waals surface area contributed by atoms with E-state index in [-0.39, 0.29) is 5.41 Å². The van der Waals surface area contributed by atoms with Gasteiger partial charge in [0, 0.05) is 30.1 Å². The van der Waals surface area contributed by atoms with Crippen molar-refractivity contribution in [2.75, 3.05) is 32.1 Å². The first-order chi connectivity index (χ1) is 13.8. The number of anilines is 1. The monoisotopic (exact) mass is 388 g/mol. The molecule has 0 aliphatic carbocycles. The topological polar surface area (TPSA) is 60.5 Å². The van der Waals surface area contributed by atoms with E-state index in [2.05, 4.69) is 62.9 Å². The van der Waals surface area contributed by atoms with Crippen molar-refractivity contribution >= 4 is 11.5 Å². The summed E-state index contributed by atoms with van der Waals surface area (Å²) in [4.78, 5) is 9.44. The van der Waals surface area contributed by atoms with Gasteiger partial charge >= 0.3 is 0 Å². The Labute approximate surface area is 172 Å². The molecule has 6 heteroatoms. The van der Waals surface area contributed by atoms with Crippen molar-refractivity contribution in [3.05, 3.63) is 47.8 Å². The number of likely N-dealkylation sites (N-methyl/N-ethyl adjacent to an activating group) is 1. The van der Waals surface area contributed by atoms with Crippen molar-refractivity contribution in [1.82, 2.24) is 19.5 Å². The summed E-state index contributed by atoms with van der Waals surface area (Å²) >= 11 is 0. The molecule has 1 aliphatic heterocycles. The molecule has 0 N–H and O–H groups in total. The molecule has 2 aromatic heterocycles. The molecule has 1 fully saturated rings. The Hall–Kier alpha value is -2.91. The molecule has 1 saturated heterocycles. The Morgan fingerprint density at radius 1 is 1.17 bits per heavy atom. The van der Waals surface area contributed by atoms with Gasteiger partial charge in [0.1, 0.15) is 11.9 Å². The zero-order valence-corrected chi connectivity index (χ0v) is 17.8. The number of rotatable bonds is 3. The standard InChI is InChI=1S/C23H28N6/c1-23(2,3)22-25-20-17(14-24)13-19(16-9-7-6-8-10-16)21(29(20)26-22)28-12-11-18(15-28)27(4)5/h6-10,13,18H,11-12,15H2,1-5H3/t18-/m0/s1. The molecule has 3 aromatic rings. The molecule has 4 rings (SSSR count). The maximum atomic E-state index is 9.84. The molecule has 6 nitrogen and oxygen atoms in total. The smallest absolute Gasteiger partial charge is 0.175 e. The second-order valence-electron chi connectivity index (χ2n) is 9.05. The van der Waals surface area contributed by atoms with E-state index in [1.165, 1.54) is 0 Å². The highest BCUT2D eigenvalue weighted by atomic mass is 15.4. The molecule has 3 heterocycles. The number of nitriles is 1. The quantitative estimate of drug-likeness (QED) is 0.685. The van der Waals surface area contributed by atoms with Crippen LogP contribution in [0.3, 0.4) is 0 Å². The van der Waals surface area contributed by atoms with E-state index >= 15 is 0 Å². The van der Waals surface area contributed by atoms with Crippen LogP contribution in [0.5, 0.6) is 0 Å². The molecule has 1 aliphatic rings. The Morgan fingerprint density at radius 2 is 1.90 bits per heavy atom. The van der Waals surface area contributed by atoms with E-state index < -0.39 is 0 Å². The molecule has 0 radical (unpaired) electrons. The van der Waals surface area contributed by atoms with E-state index in [9.17, 15) is 5.26 Å². The maximum absolute atomic E-state index is 9.84. The molecule has 0 spiro atoms. The zero-order chi connectivity index (χ0) is 20.8. The van der Waals surface area contributed by atoms with Gasteiger partial charge < -0.3 is 9.80 Å². The Kier molecular flexibility index (Phi) is 4.79. The van der Waals surface area contributed by atoms with Gasteiger partial charge in [-0.15, -0.1) is 5.10 Å². The van der Waals surface area contributed by atoms with Crippen molar-refractivity contribution in [2.45, 2.75) is 38.6 Å². The van der Waals surface area contributed by atoms with Crippen LogP contribution in [0, 0.1) is 11.3 Å². The number of fused-ring (bicyclic) bond motifs is 1. The molecule has 29 heavy (non-hydrogen) atoms. The Balaban J connectivity index is 1.99. The Morgan fingerprint density at radius 3 is 2.48 bits per heavy atom. The van der Waals surface area contributed by atoms with Crippen LogP contribution in [0.15, 0.2) is 36.4 Å².